The number of amides is 1. The first-order valence-corrected chi connectivity index (χ1v) is 16.8. The zero-order valence-electron chi connectivity index (χ0n) is 28.6. The van der Waals surface area contributed by atoms with Gasteiger partial charge in [-0.25, -0.2) is 13.8 Å². The first kappa shape index (κ1) is 34.5. The number of ether oxygens (including phenoxy) is 3. The van der Waals surface area contributed by atoms with Gasteiger partial charge in [-0.2, -0.15) is 0 Å². The number of nitrogens with one attached hydrogen (secondary N) is 1. The molecule has 7 rings (SSSR count). The van der Waals surface area contributed by atoms with Crippen molar-refractivity contribution in [3.63, 3.8) is 0 Å². The number of benzene rings is 4. The van der Waals surface area contributed by atoms with E-state index in [9.17, 15) is 14.0 Å². The summed E-state index contributed by atoms with van der Waals surface area (Å²) in [5.41, 5.74) is 0.393. The number of likely N-dealkylation sites (N-methyl/N-ethyl adjacent to an activating group) is 1. The van der Waals surface area contributed by atoms with E-state index in [1.807, 2.05) is 0 Å². The minimum atomic E-state index is -0.862. The Morgan fingerprint density at radius 2 is 1.69 bits per heavy atom. The van der Waals surface area contributed by atoms with E-state index in [-0.39, 0.29) is 17.1 Å². The zero-order valence-corrected chi connectivity index (χ0v) is 28.6. The van der Waals surface area contributed by atoms with Gasteiger partial charge in [0.15, 0.2) is 28.8 Å². The first-order chi connectivity index (χ1) is 25.3. The number of halogens is 2. The Kier molecular flexibility index (Phi) is 10.0. The maximum Gasteiger partial charge on any atom is 0.287 e. The molecule has 1 amide bonds. The number of para-hydroxylation sites is 2. The van der Waals surface area contributed by atoms with Crippen LogP contribution in [0, 0.1) is 11.6 Å². The van der Waals surface area contributed by atoms with Crippen LogP contribution in [0.15, 0.2) is 95.9 Å². The van der Waals surface area contributed by atoms with E-state index < -0.39 is 28.8 Å². The van der Waals surface area contributed by atoms with Gasteiger partial charge in [0, 0.05) is 62.1 Å². The van der Waals surface area contributed by atoms with Crippen molar-refractivity contribution in [2.24, 2.45) is 0 Å². The van der Waals surface area contributed by atoms with Gasteiger partial charge in [0.05, 0.1) is 36.0 Å². The fourth-order valence-electron chi connectivity index (χ4n) is 6.15. The number of hydrogen-bond donors (Lipinski definition) is 1. The van der Waals surface area contributed by atoms with Crippen LogP contribution in [0.25, 0.3) is 27.6 Å². The molecule has 11 nitrogen and oxygen atoms in total. The molecule has 4 aromatic carbocycles. The summed E-state index contributed by atoms with van der Waals surface area (Å²) in [6.07, 6.45) is 2.42. The Labute approximate surface area is 298 Å². The lowest BCUT2D eigenvalue weighted by Crippen LogP contribution is -2.44. The molecular weight excluding hydrogens is 670 g/mol. The van der Waals surface area contributed by atoms with Crippen LogP contribution in [0.2, 0.25) is 0 Å². The van der Waals surface area contributed by atoms with Crippen LogP contribution in [0.5, 0.6) is 23.0 Å². The summed E-state index contributed by atoms with van der Waals surface area (Å²) < 4.78 is 48.5. The topological polar surface area (TPSA) is 111 Å². The highest BCUT2D eigenvalue weighted by Crippen LogP contribution is 2.38. The number of nitrogens with zero attached hydrogens (tertiary/aromatic N) is 5. The molecule has 0 atom stereocenters. The number of anilines is 1. The average molecular weight is 707 g/mol. The number of carbonyl (C=O) groups is 1. The van der Waals surface area contributed by atoms with Crippen molar-refractivity contribution in [3.8, 4) is 28.7 Å². The van der Waals surface area contributed by atoms with Gasteiger partial charge in [-0.3, -0.25) is 19.1 Å². The number of aromatic nitrogens is 3. The molecule has 13 heteroatoms. The van der Waals surface area contributed by atoms with Gasteiger partial charge in [0.2, 0.25) is 0 Å². The molecule has 2 aromatic heterocycles. The Bertz CT molecular complexity index is 2330. The first-order valence-electron chi connectivity index (χ1n) is 16.8. The van der Waals surface area contributed by atoms with Crippen molar-refractivity contribution < 1.29 is 27.8 Å². The standard InChI is InChI=1S/C39H36F2N6O5/c1-45-16-18-46(19-17-45)15-6-20-51-36-24-31-28(23-35(36)50-2)33(13-14-42-31)52-34-12-11-26(22-29(34)41)43-38(48)37-39(49)47(27-8-5-7-25(40)21-27)32-10-4-3-9-30(32)44-37/h3-5,7-14,21-24H,6,15-20H2,1-2H3,(H,43,48). The summed E-state index contributed by atoms with van der Waals surface area (Å²) in [5.74, 6) is -0.911. The van der Waals surface area contributed by atoms with Crippen LogP contribution in [0.1, 0.15) is 16.9 Å². The monoisotopic (exact) mass is 706 g/mol. The molecule has 0 aliphatic carbocycles. The molecule has 3 heterocycles. The lowest BCUT2D eigenvalue weighted by molar-refractivity contribution is 0.102. The van der Waals surface area contributed by atoms with Crippen molar-refractivity contribution in [2.45, 2.75) is 6.42 Å². The van der Waals surface area contributed by atoms with Crippen LogP contribution >= 0.6 is 0 Å². The lowest BCUT2D eigenvalue weighted by atomic mass is 10.1. The number of pyridine rings is 1. The second-order valence-corrected chi connectivity index (χ2v) is 12.4. The van der Waals surface area contributed by atoms with Crippen LogP contribution < -0.4 is 25.1 Å². The smallest absolute Gasteiger partial charge is 0.287 e. The van der Waals surface area contributed by atoms with E-state index in [2.05, 4.69) is 32.1 Å². The molecule has 0 radical (unpaired) electrons. The average Bonchev–Trinajstić information content (AvgIpc) is 3.14. The molecule has 1 saturated heterocycles. The molecule has 266 valence electrons. The molecule has 0 saturated carbocycles. The Hall–Kier alpha value is -5.92. The SMILES string of the molecule is COc1cc2c(Oc3ccc(NC(=O)c4nc5ccccc5n(-c5cccc(F)c5)c4=O)cc3F)ccnc2cc1OCCCN1CCN(C)CC1. The Morgan fingerprint density at radius 3 is 2.48 bits per heavy atom. The third-order valence-electron chi connectivity index (χ3n) is 8.91. The van der Waals surface area contributed by atoms with Crippen LogP contribution in [0.4, 0.5) is 14.5 Å². The molecule has 52 heavy (non-hydrogen) atoms. The predicted octanol–water partition coefficient (Wildman–Crippen LogP) is 6.28. The second-order valence-electron chi connectivity index (χ2n) is 12.4. The van der Waals surface area contributed by atoms with Gasteiger partial charge in [0.25, 0.3) is 11.5 Å². The maximum absolute atomic E-state index is 15.5. The summed E-state index contributed by atoms with van der Waals surface area (Å²) in [6, 6.07) is 21.2. The minimum absolute atomic E-state index is 0.0668. The Balaban J connectivity index is 1.07. The minimum Gasteiger partial charge on any atom is -0.493 e. The van der Waals surface area contributed by atoms with Crippen molar-refractivity contribution in [1.82, 2.24) is 24.3 Å². The summed E-state index contributed by atoms with van der Waals surface area (Å²) in [4.78, 5) is 40.4. The fourth-order valence-corrected chi connectivity index (χ4v) is 6.15. The second kappa shape index (κ2) is 15.1. The highest BCUT2D eigenvalue weighted by atomic mass is 19.1. The summed E-state index contributed by atoms with van der Waals surface area (Å²) in [6.45, 7) is 5.68. The van der Waals surface area contributed by atoms with Gasteiger partial charge in [-0.1, -0.05) is 18.2 Å². The van der Waals surface area contributed by atoms with Crippen molar-refractivity contribution in [1.29, 1.82) is 0 Å². The molecule has 1 aliphatic rings. The van der Waals surface area contributed by atoms with Gasteiger partial charge in [0.1, 0.15) is 11.6 Å². The van der Waals surface area contributed by atoms with Crippen molar-refractivity contribution in [2.75, 3.05) is 58.8 Å². The lowest BCUT2D eigenvalue weighted by Gasteiger charge is -2.32. The zero-order chi connectivity index (χ0) is 36.2. The maximum atomic E-state index is 15.5. The van der Waals surface area contributed by atoms with E-state index in [0.717, 1.165) is 45.2 Å². The summed E-state index contributed by atoms with van der Waals surface area (Å²) in [5, 5.41) is 3.13. The number of fused-ring (bicyclic) bond motifs is 2. The van der Waals surface area contributed by atoms with E-state index in [4.69, 9.17) is 14.2 Å². The van der Waals surface area contributed by atoms with Gasteiger partial charge >= 0.3 is 0 Å². The molecule has 1 aliphatic heterocycles. The number of piperazine rings is 1. The quantitative estimate of drug-likeness (QED) is 0.156. The van der Waals surface area contributed by atoms with Crippen LogP contribution in [-0.4, -0.2) is 83.7 Å². The molecule has 0 spiro atoms. The summed E-state index contributed by atoms with van der Waals surface area (Å²) in [7, 11) is 3.68. The number of hydrogen-bond acceptors (Lipinski definition) is 9. The predicted molar refractivity (Wildman–Crippen MR) is 194 cm³/mol. The third-order valence-corrected chi connectivity index (χ3v) is 8.91. The van der Waals surface area contributed by atoms with Gasteiger partial charge in [-0.05, 0) is 68.1 Å². The van der Waals surface area contributed by atoms with E-state index in [0.29, 0.717) is 45.8 Å². The van der Waals surface area contributed by atoms with Crippen molar-refractivity contribution in [3.05, 3.63) is 119 Å². The van der Waals surface area contributed by atoms with E-state index >= 15 is 4.39 Å². The number of carbonyl (C=O) groups excluding carboxylic acids is 1. The van der Waals surface area contributed by atoms with Gasteiger partial charge < -0.3 is 29.3 Å². The van der Waals surface area contributed by atoms with E-state index in [1.165, 1.54) is 34.9 Å². The Morgan fingerprint density at radius 1 is 0.865 bits per heavy atom. The summed E-state index contributed by atoms with van der Waals surface area (Å²) >= 11 is 0. The van der Waals surface area contributed by atoms with E-state index in [1.54, 1.807) is 61.8 Å². The van der Waals surface area contributed by atoms with Gasteiger partial charge in [-0.15, -0.1) is 0 Å². The molecule has 0 unspecified atom stereocenters. The largest absolute Gasteiger partial charge is 0.493 e. The normalized spacial score (nSPS) is 13.7. The highest BCUT2D eigenvalue weighted by molar-refractivity contribution is 6.03. The molecule has 1 N–H and O–H groups in total. The van der Waals surface area contributed by atoms with Crippen LogP contribution in [0.3, 0.4) is 0 Å². The molecular formula is C39H36F2N6O5. The number of rotatable bonds is 11. The van der Waals surface area contributed by atoms with Crippen LogP contribution in [-0.2, 0) is 0 Å². The number of methoxy groups -OCH3 is 1. The highest BCUT2D eigenvalue weighted by Gasteiger charge is 2.21. The molecule has 1 fully saturated rings. The third kappa shape index (κ3) is 7.41. The molecule has 0 bridgehead atoms. The molecule has 6 aromatic rings. The fraction of sp³-hybridized carbons (Fsp3) is 0.231. The van der Waals surface area contributed by atoms with Crippen molar-refractivity contribution >= 4 is 33.5 Å².